The monoisotopic (exact) mass is 466 g/mol. The van der Waals surface area contributed by atoms with Crippen molar-refractivity contribution in [1.29, 1.82) is 0 Å². The second kappa shape index (κ2) is 7.87. The summed E-state index contributed by atoms with van der Waals surface area (Å²) in [6.45, 7) is 0. The van der Waals surface area contributed by atoms with Gasteiger partial charge in [-0.3, -0.25) is 15.1 Å². The first-order valence-electron chi connectivity index (χ1n) is 10.8. The number of anilines is 1. The lowest BCUT2D eigenvalue weighted by molar-refractivity contribution is 0.469. The number of rotatable bonds is 4. The minimum absolute atomic E-state index is 0.157. The lowest BCUT2D eigenvalue weighted by atomic mass is 10.1. The number of pyridine rings is 3. The number of H-pyrrole nitrogens is 2. The largest absolute Gasteiger partial charge is 0.508 e. The molecule has 0 amide bonds. The number of aromatic hydroxyl groups is 1. The molecule has 5 aromatic heterocycles. The molecule has 172 valence electrons. The van der Waals surface area contributed by atoms with Gasteiger partial charge in [-0.05, 0) is 35.9 Å². The summed E-state index contributed by atoms with van der Waals surface area (Å²) in [6.07, 6.45) is 6.89. The smallest absolute Gasteiger partial charge is 0.178 e. The molecule has 6 rings (SSSR count). The Kier molecular flexibility index (Phi) is 4.66. The fourth-order valence-electron chi connectivity index (χ4n) is 4.06. The van der Waals surface area contributed by atoms with Gasteiger partial charge in [0.2, 0.25) is 0 Å². The number of fused-ring (bicyclic) bond motifs is 2. The van der Waals surface area contributed by atoms with Gasteiger partial charge < -0.3 is 15.0 Å². The van der Waals surface area contributed by atoms with Gasteiger partial charge in [0.05, 0.1) is 34.8 Å². The van der Waals surface area contributed by atoms with Crippen LogP contribution in [0.3, 0.4) is 0 Å². The minimum atomic E-state index is -0.532. The van der Waals surface area contributed by atoms with Crippen LogP contribution in [0.2, 0.25) is 0 Å². The molecule has 9 nitrogen and oxygen atoms in total. The predicted octanol–water partition coefficient (Wildman–Crippen LogP) is 4.54. The van der Waals surface area contributed by atoms with Crippen molar-refractivity contribution in [2.45, 2.75) is 0 Å². The first-order chi connectivity index (χ1) is 17.0. The van der Waals surface area contributed by atoms with E-state index in [2.05, 4.69) is 35.1 Å². The van der Waals surface area contributed by atoms with Gasteiger partial charge in [0.25, 0.3) is 0 Å². The van der Waals surface area contributed by atoms with E-state index in [9.17, 15) is 9.50 Å². The molecule has 0 saturated carbocycles. The average Bonchev–Trinajstić information content (AvgIpc) is 3.47. The van der Waals surface area contributed by atoms with Gasteiger partial charge in [-0.15, -0.1) is 0 Å². The first-order valence-corrected chi connectivity index (χ1v) is 10.8. The summed E-state index contributed by atoms with van der Waals surface area (Å²) in [5, 5.41) is 18.2. The standard InChI is InChI=1S/C25H19FN8O/c1-34(2)16-6-14(10-27-11-16)20-9-19-21(12-29-20)32-33-23(19)25-30-22-18(3-4-28-24(22)31-25)13-5-15(26)8-17(35)7-13/h3-12,35H,1-2H3,(H,32,33)(H,28,30,31). The van der Waals surface area contributed by atoms with Crippen LogP contribution in [0.4, 0.5) is 10.1 Å². The maximum absolute atomic E-state index is 13.9. The SMILES string of the molecule is CN(C)c1cncc(-c2cc3c(-c4nc5nccc(-c6cc(O)cc(F)c6)c5[nH]4)n[nH]c3cn2)c1. The third kappa shape index (κ3) is 3.61. The molecule has 0 radical (unpaired) electrons. The molecule has 3 N–H and O–H groups in total. The van der Waals surface area contributed by atoms with Gasteiger partial charge in [0, 0.05) is 49.1 Å². The molecule has 0 aliphatic carbocycles. The summed E-state index contributed by atoms with van der Waals surface area (Å²) in [5.74, 6) is -0.184. The van der Waals surface area contributed by atoms with Crippen LogP contribution in [-0.2, 0) is 0 Å². The highest BCUT2D eigenvalue weighted by molar-refractivity contribution is 5.96. The molecule has 0 unspecified atom stereocenters. The van der Waals surface area contributed by atoms with Crippen molar-refractivity contribution in [1.82, 2.24) is 35.1 Å². The lowest BCUT2D eigenvalue weighted by Gasteiger charge is -2.12. The van der Waals surface area contributed by atoms with Crippen molar-refractivity contribution in [2.24, 2.45) is 0 Å². The fraction of sp³-hybridized carbons (Fsp3) is 0.0800. The number of nitrogens with one attached hydrogen (secondary N) is 2. The van der Waals surface area contributed by atoms with E-state index in [1.165, 1.54) is 12.1 Å². The minimum Gasteiger partial charge on any atom is -0.508 e. The summed E-state index contributed by atoms with van der Waals surface area (Å²) in [6, 6.07) is 9.62. The van der Waals surface area contributed by atoms with Crippen LogP contribution in [0.1, 0.15) is 0 Å². The van der Waals surface area contributed by atoms with E-state index in [4.69, 9.17) is 0 Å². The molecule has 1 aromatic carbocycles. The van der Waals surface area contributed by atoms with Crippen molar-refractivity contribution in [3.63, 3.8) is 0 Å². The van der Waals surface area contributed by atoms with Crippen LogP contribution in [0.25, 0.3) is 56.0 Å². The van der Waals surface area contributed by atoms with E-state index in [-0.39, 0.29) is 5.75 Å². The zero-order valence-corrected chi connectivity index (χ0v) is 18.8. The zero-order chi connectivity index (χ0) is 24.1. The first kappa shape index (κ1) is 20.7. The summed E-state index contributed by atoms with van der Waals surface area (Å²) >= 11 is 0. The number of aromatic nitrogens is 7. The second-order valence-electron chi connectivity index (χ2n) is 8.35. The van der Waals surface area contributed by atoms with E-state index in [0.29, 0.717) is 33.8 Å². The van der Waals surface area contributed by atoms with Gasteiger partial charge in [-0.25, -0.2) is 14.4 Å². The Morgan fingerprint density at radius 1 is 0.971 bits per heavy atom. The van der Waals surface area contributed by atoms with E-state index in [1.807, 2.05) is 31.1 Å². The van der Waals surface area contributed by atoms with Crippen molar-refractivity contribution < 1.29 is 9.50 Å². The molecule has 0 spiro atoms. The number of imidazole rings is 1. The maximum Gasteiger partial charge on any atom is 0.178 e. The Labute approximate surface area is 198 Å². The topological polar surface area (TPSA) is 120 Å². The summed E-state index contributed by atoms with van der Waals surface area (Å²) in [7, 11) is 3.92. The Morgan fingerprint density at radius 3 is 2.69 bits per heavy atom. The van der Waals surface area contributed by atoms with Crippen molar-refractivity contribution in [3.8, 4) is 39.7 Å². The number of phenols is 1. The number of halogens is 1. The van der Waals surface area contributed by atoms with Crippen LogP contribution in [0.5, 0.6) is 5.75 Å². The Morgan fingerprint density at radius 2 is 1.86 bits per heavy atom. The Hall–Kier alpha value is -4.86. The molecule has 0 atom stereocenters. The van der Waals surface area contributed by atoms with E-state index in [0.717, 1.165) is 33.9 Å². The molecule has 0 bridgehead atoms. The lowest BCUT2D eigenvalue weighted by Crippen LogP contribution is -2.08. The highest BCUT2D eigenvalue weighted by Gasteiger charge is 2.17. The van der Waals surface area contributed by atoms with E-state index < -0.39 is 5.82 Å². The number of hydrogen-bond acceptors (Lipinski definition) is 7. The number of nitrogens with zero attached hydrogens (tertiary/aromatic N) is 6. The number of benzene rings is 1. The van der Waals surface area contributed by atoms with Gasteiger partial charge >= 0.3 is 0 Å². The zero-order valence-electron chi connectivity index (χ0n) is 18.8. The molecule has 35 heavy (non-hydrogen) atoms. The number of hydrogen-bond donors (Lipinski definition) is 3. The van der Waals surface area contributed by atoms with Gasteiger partial charge in [0.15, 0.2) is 11.5 Å². The fourth-order valence-corrected chi connectivity index (χ4v) is 4.06. The third-order valence-corrected chi connectivity index (χ3v) is 5.79. The highest BCUT2D eigenvalue weighted by atomic mass is 19.1. The molecule has 0 aliphatic rings. The second-order valence-corrected chi connectivity index (χ2v) is 8.35. The van der Waals surface area contributed by atoms with Crippen LogP contribution >= 0.6 is 0 Å². The number of phenolic OH excluding ortho intramolecular Hbond substituents is 1. The quantitative estimate of drug-likeness (QED) is 0.349. The van der Waals surface area contributed by atoms with Crippen LogP contribution in [0, 0.1) is 5.82 Å². The maximum atomic E-state index is 13.9. The van der Waals surface area contributed by atoms with Crippen LogP contribution in [-0.4, -0.2) is 54.3 Å². The summed E-state index contributed by atoms with van der Waals surface area (Å²) in [5.41, 5.74) is 6.20. The van der Waals surface area contributed by atoms with Crippen molar-refractivity contribution in [3.05, 3.63) is 67.0 Å². The molecule has 6 aromatic rings. The molecule has 10 heteroatoms. The third-order valence-electron chi connectivity index (χ3n) is 5.79. The molecule has 0 saturated heterocycles. The normalized spacial score (nSPS) is 11.4. The van der Waals surface area contributed by atoms with Crippen molar-refractivity contribution >= 4 is 27.8 Å². The van der Waals surface area contributed by atoms with Crippen LogP contribution < -0.4 is 4.90 Å². The molecule has 0 aliphatic heterocycles. The van der Waals surface area contributed by atoms with E-state index >= 15 is 0 Å². The van der Waals surface area contributed by atoms with Gasteiger partial charge in [0.1, 0.15) is 17.3 Å². The Bertz CT molecular complexity index is 1700. The predicted molar refractivity (Wildman–Crippen MR) is 131 cm³/mol. The molecular weight excluding hydrogens is 447 g/mol. The summed E-state index contributed by atoms with van der Waals surface area (Å²) < 4.78 is 13.9. The highest BCUT2D eigenvalue weighted by Crippen LogP contribution is 2.33. The van der Waals surface area contributed by atoms with Crippen LogP contribution in [0.15, 0.2) is 61.2 Å². The average molecular weight is 466 g/mol. The molecule has 0 fully saturated rings. The van der Waals surface area contributed by atoms with Gasteiger partial charge in [-0.1, -0.05) is 0 Å². The summed E-state index contributed by atoms with van der Waals surface area (Å²) in [4.78, 5) is 23.1. The number of aromatic amines is 2. The van der Waals surface area contributed by atoms with Crippen molar-refractivity contribution in [2.75, 3.05) is 19.0 Å². The molecular formula is C25H19FN8O. The molecule has 5 heterocycles. The van der Waals surface area contributed by atoms with Gasteiger partial charge in [-0.2, -0.15) is 5.10 Å². The Balaban J connectivity index is 1.48. The van der Waals surface area contributed by atoms with E-state index in [1.54, 1.807) is 30.9 Å².